The van der Waals surface area contributed by atoms with Crippen LogP contribution < -0.4 is 4.72 Å². The molecule has 0 bridgehead atoms. The van der Waals surface area contributed by atoms with Gasteiger partial charge >= 0.3 is 0 Å². The van der Waals surface area contributed by atoms with Gasteiger partial charge in [-0.1, -0.05) is 37.1 Å². The van der Waals surface area contributed by atoms with E-state index in [1.807, 2.05) is 0 Å². The number of nitrogens with one attached hydrogen (secondary N) is 1. The van der Waals surface area contributed by atoms with Gasteiger partial charge in [0.2, 0.25) is 0 Å². The second-order valence-electron chi connectivity index (χ2n) is 6.96. The first kappa shape index (κ1) is 15.6. The van der Waals surface area contributed by atoms with E-state index in [2.05, 4.69) is 33.9 Å². The number of hydrogen-bond donors (Lipinski definition) is 1. The van der Waals surface area contributed by atoms with Crippen molar-refractivity contribution in [3.05, 3.63) is 35.4 Å². The van der Waals surface area contributed by atoms with E-state index in [-0.39, 0.29) is 12.1 Å². The summed E-state index contributed by atoms with van der Waals surface area (Å²) >= 11 is 0. The summed E-state index contributed by atoms with van der Waals surface area (Å²) in [5.41, 5.74) is 2.68. The molecular formula is C17H25N3O2S. The highest BCUT2D eigenvalue weighted by Crippen LogP contribution is 2.33. The van der Waals surface area contributed by atoms with Crippen molar-refractivity contribution in [1.82, 2.24) is 13.9 Å². The second kappa shape index (κ2) is 6.16. The van der Waals surface area contributed by atoms with Gasteiger partial charge in [-0.15, -0.1) is 0 Å². The van der Waals surface area contributed by atoms with Gasteiger partial charge in [-0.05, 0) is 30.4 Å². The first-order chi connectivity index (χ1) is 11.1. The quantitative estimate of drug-likeness (QED) is 0.914. The van der Waals surface area contributed by atoms with Crippen LogP contribution in [0.3, 0.4) is 0 Å². The van der Waals surface area contributed by atoms with Crippen LogP contribution in [0.4, 0.5) is 0 Å². The molecule has 1 saturated heterocycles. The molecule has 5 nitrogen and oxygen atoms in total. The zero-order chi connectivity index (χ0) is 15.9. The van der Waals surface area contributed by atoms with Crippen LogP contribution in [0.2, 0.25) is 0 Å². The zero-order valence-corrected chi connectivity index (χ0v) is 14.3. The van der Waals surface area contributed by atoms with Gasteiger partial charge in [-0.3, -0.25) is 4.90 Å². The minimum absolute atomic E-state index is 0.136. The Bertz CT molecular complexity index is 670. The molecule has 1 N–H and O–H groups in total. The third kappa shape index (κ3) is 3.05. The van der Waals surface area contributed by atoms with Crippen LogP contribution in [0.25, 0.3) is 0 Å². The van der Waals surface area contributed by atoms with Gasteiger partial charge in [0.15, 0.2) is 0 Å². The van der Waals surface area contributed by atoms with Crippen molar-refractivity contribution in [2.24, 2.45) is 0 Å². The molecule has 0 radical (unpaired) electrons. The molecule has 0 amide bonds. The summed E-state index contributed by atoms with van der Waals surface area (Å²) in [4.78, 5) is 2.43. The molecule has 1 saturated carbocycles. The molecule has 2 fully saturated rings. The Hall–Kier alpha value is -0.950. The van der Waals surface area contributed by atoms with Crippen LogP contribution in [-0.4, -0.2) is 49.8 Å². The molecule has 126 valence electrons. The molecular weight excluding hydrogens is 310 g/mol. The van der Waals surface area contributed by atoms with Crippen molar-refractivity contribution in [2.75, 3.05) is 26.2 Å². The van der Waals surface area contributed by atoms with Crippen molar-refractivity contribution in [1.29, 1.82) is 0 Å². The summed E-state index contributed by atoms with van der Waals surface area (Å²) in [6, 6.07) is 8.81. The highest BCUT2D eigenvalue weighted by atomic mass is 32.2. The van der Waals surface area contributed by atoms with Crippen molar-refractivity contribution in [3.63, 3.8) is 0 Å². The van der Waals surface area contributed by atoms with Crippen LogP contribution in [-0.2, 0) is 16.6 Å². The lowest BCUT2D eigenvalue weighted by atomic mass is 9.91. The summed E-state index contributed by atoms with van der Waals surface area (Å²) < 4.78 is 30.0. The molecule has 0 spiro atoms. The van der Waals surface area contributed by atoms with E-state index in [1.165, 1.54) is 11.1 Å². The first-order valence-corrected chi connectivity index (χ1v) is 10.2. The number of benzene rings is 1. The molecule has 3 aliphatic rings. The van der Waals surface area contributed by atoms with Gasteiger partial charge in [-0.2, -0.15) is 17.4 Å². The van der Waals surface area contributed by atoms with Crippen molar-refractivity contribution in [3.8, 4) is 0 Å². The van der Waals surface area contributed by atoms with Crippen molar-refractivity contribution >= 4 is 10.2 Å². The van der Waals surface area contributed by atoms with Crippen LogP contribution >= 0.6 is 0 Å². The smallest absolute Gasteiger partial charge is 0.279 e. The standard InChI is InChI=1S/C17H25N3O2S/c21-23(22,18-15-6-2-3-7-15)20-12-11-19-10-9-14-5-1-4-8-16(14)17(19)13-20/h1,4-5,8,15,17-18H,2-3,6-7,9-13H2. The van der Waals surface area contributed by atoms with Crippen LogP contribution in [0, 0.1) is 0 Å². The lowest BCUT2D eigenvalue weighted by Gasteiger charge is -2.44. The van der Waals surface area contributed by atoms with Gasteiger partial charge in [0, 0.05) is 38.3 Å². The lowest BCUT2D eigenvalue weighted by molar-refractivity contribution is 0.108. The topological polar surface area (TPSA) is 52.7 Å². The fourth-order valence-corrected chi connectivity index (χ4v) is 5.72. The summed E-state index contributed by atoms with van der Waals surface area (Å²) in [6.07, 6.45) is 5.30. The Morgan fingerprint density at radius 3 is 2.65 bits per heavy atom. The first-order valence-electron chi connectivity index (χ1n) is 8.73. The minimum atomic E-state index is -3.36. The Morgan fingerprint density at radius 2 is 1.83 bits per heavy atom. The van der Waals surface area contributed by atoms with E-state index in [0.29, 0.717) is 13.1 Å². The Morgan fingerprint density at radius 1 is 1.04 bits per heavy atom. The molecule has 1 unspecified atom stereocenters. The Balaban J connectivity index is 1.53. The molecule has 0 aromatic heterocycles. The summed E-state index contributed by atoms with van der Waals surface area (Å²) in [5.74, 6) is 0. The molecule has 1 aliphatic carbocycles. The molecule has 1 aromatic rings. The summed E-state index contributed by atoms with van der Waals surface area (Å²) in [7, 11) is -3.36. The van der Waals surface area contributed by atoms with Gasteiger partial charge in [0.05, 0.1) is 0 Å². The Kier molecular flexibility index (Phi) is 4.17. The maximum Gasteiger partial charge on any atom is 0.279 e. The Labute approximate surface area is 138 Å². The highest BCUT2D eigenvalue weighted by molar-refractivity contribution is 7.87. The van der Waals surface area contributed by atoms with Crippen molar-refractivity contribution < 1.29 is 8.42 Å². The van der Waals surface area contributed by atoms with Crippen LogP contribution in [0.1, 0.15) is 42.9 Å². The molecule has 2 heterocycles. The second-order valence-corrected chi connectivity index (χ2v) is 8.67. The maximum absolute atomic E-state index is 12.7. The van der Waals surface area contributed by atoms with E-state index >= 15 is 0 Å². The van der Waals surface area contributed by atoms with E-state index in [4.69, 9.17) is 0 Å². The number of fused-ring (bicyclic) bond motifs is 3. The van der Waals surface area contributed by atoms with E-state index in [1.54, 1.807) is 4.31 Å². The zero-order valence-electron chi connectivity index (χ0n) is 13.4. The molecule has 23 heavy (non-hydrogen) atoms. The fourth-order valence-electron chi connectivity index (χ4n) is 4.26. The van der Waals surface area contributed by atoms with Gasteiger partial charge in [0.1, 0.15) is 0 Å². The number of nitrogens with zero attached hydrogens (tertiary/aromatic N) is 2. The van der Waals surface area contributed by atoms with Gasteiger partial charge in [-0.25, -0.2) is 0 Å². The number of piperazine rings is 1. The third-order valence-electron chi connectivity index (χ3n) is 5.55. The highest BCUT2D eigenvalue weighted by Gasteiger charge is 2.37. The van der Waals surface area contributed by atoms with Crippen LogP contribution in [0.5, 0.6) is 0 Å². The predicted octanol–water partition coefficient (Wildman–Crippen LogP) is 1.68. The van der Waals surface area contributed by atoms with Crippen molar-refractivity contribution in [2.45, 2.75) is 44.2 Å². The SMILES string of the molecule is O=S(=O)(NC1CCCC1)N1CCN2CCc3ccccc3C2C1. The average Bonchev–Trinajstić information content (AvgIpc) is 3.06. The predicted molar refractivity (Wildman–Crippen MR) is 90.3 cm³/mol. The average molecular weight is 335 g/mol. The lowest BCUT2D eigenvalue weighted by Crippen LogP contribution is -2.55. The normalized spacial score (nSPS) is 26.9. The molecule has 6 heteroatoms. The molecule has 4 rings (SSSR count). The summed E-state index contributed by atoms with van der Waals surface area (Å²) in [5, 5.41) is 0. The molecule has 1 aromatic carbocycles. The third-order valence-corrected chi connectivity index (χ3v) is 7.19. The molecule has 1 atom stereocenters. The molecule has 2 aliphatic heterocycles. The van der Waals surface area contributed by atoms with Gasteiger partial charge in [0.25, 0.3) is 10.2 Å². The van der Waals surface area contributed by atoms with E-state index in [9.17, 15) is 8.42 Å². The maximum atomic E-state index is 12.7. The largest absolute Gasteiger partial charge is 0.293 e. The minimum Gasteiger partial charge on any atom is -0.293 e. The van der Waals surface area contributed by atoms with E-state index < -0.39 is 10.2 Å². The summed E-state index contributed by atoms with van der Waals surface area (Å²) in [6.45, 7) is 3.02. The fraction of sp³-hybridized carbons (Fsp3) is 0.647. The monoisotopic (exact) mass is 335 g/mol. The number of rotatable bonds is 3. The van der Waals surface area contributed by atoms with Crippen LogP contribution in [0.15, 0.2) is 24.3 Å². The number of hydrogen-bond acceptors (Lipinski definition) is 3. The van der Waals surface area contributed by atoms with Gasteiger partial charge < -0.3 is 0 Å². The van der Waals surface area contributed by atoms with E-state index in [0.717, 1.165) is 45.2 Å².